The highest BCUT2D eigenvalue weighted by Crippen LogP contribution is 2.22. The summed E-state index contributed by atoms with van der Waals surface area (Å²) >= 11 is 5.95. The number of nitrogens with one attached hydrogen (secondary N) is 1. The largest absolute Gasteiger partial charge is 0.354 e. The fraction of sp³-hybridized carbons (Fsp3) is 0.481. The zero-order chi connectivity index (χ0) is 26.7. The van der Waals surface area contributed by atoms with E-state index in [-0.39, 0.29) is 24.8 Å². The fourth-order valence-electron chi connectivity index (χ4n) is 4.04. The van der Waals surface area contributed by atoms with Gasteiger partial charge in [0.2, 0.25) is 21.8 Å². The lowest BCUT2D eigenvalue weighted by molar-refractivity contribution is -0.141. The van der Waals surface area contributed by atoms with E-state index in [1.165, 1.54) is 4.31 Å². The molecule has 2 aromatic carbocycles. The number of amides is 2. The van der Waals surface area contributed by atoms with Gasteiger partial charge in [-0.3, -0.25) is 13.9 Å². The number of aryl methyl sites for hydroxylation is 1. The third-order valence-corrected chi connectivity index (χ3v) is 7.36. The van der Waals surface area contributed by atoms with E-state index in [2.05, 4.69) is 12.2 Å². The van der Waals surface area contributed by atoms with Crippen LogP contribution in [-0.4, -0.2) is 50.5 Å². The molecular weight excluding hydrogens is 498 g/mol. The van der Waals surface area contributed by atoms with Crippen molar-refractivity contribution in [2.75, 3.05) is 23.7 Å². The molecule has 7 nitrogen and oxygen atoms in total. The standard InChI is InChI=1S/C27H38ClN3O4S/c1-5-7-17-29-27(33)25(6-2)30(20-22-11-8-10-21(3)19-22)26(32)12-9-18-31(36(4,34)35)24-15-13-23(28)14-16-24/h8,10-11,13-16,19,25H,5-7,9,12,17-18,20H2,1-4H3,(H,29,33). The van der Waals surface area contributed by atoms with Gasteiger partial charge in [-0.2, -0.15) is 0 Å². The Kier molecular flexibility index (Phi) is 11.7. The lowest BCUT2D eigenvalue weighted by atomic mass is 10.1. The van der Waals surface area contributed by atoms with Crippen molar-refractivity contribution in [3.63, 3.8) is 0 Å². The normalized spacial score (nSPS) is 12.1. The summed E-state index contributed by atoms with van der Waals surface area (Å²) in [5.74, 6) is -0.343. The second-order valence-electron chi connectivity index (χ2n) is 8.99. The molecule has 0 aliphatic heterocycles. The Balaban J connectivity index is 2.19. The summed E-state index contributed by atoms with van der Waals surface area (Å²) in [4.78, 5) is 28.0. The van der Waals surface area contributed by atoms with Gasteiger partial charge in [0, 0.05) is 31.1 Å². The van der Waals surface area contributed by atoms with Crippen LogP contribution >= 0.6 is 11.6 Å². The number of benzene rings is 2. The molecule has 0 fully saturated rings. The first-order valence-corrected chi connectivity index (χ1v) is 14.7. The maximum Gasteiger partial charge on any atom is 0.242 e. The van der Waals surface area contributed by atoms with Crippen LogP contribution in [0, 0.1) is 6.92 Å². The number of hydrogen-bond donors (Lipinski definition) is 1. The van der Waals surface area contributed by atoms with Crippen LogP contribution in [0.5, 0.6) is 0 Å². The quantitative estimate of drug-likeness (QED) is 0.348. The lowest BCUT2D eigenvalue weighted by Gasteiger charge is -2.31. The average Bonchev–Trinajstić information content (AvgIpc) is 2.82. The molecule has 1 N–H and O–H groups in total. The number of hydrogen-bond acceptors (Lipinski definition) is 4. The van der Waals surface area contributed by atoms with Gasteiger partial charge < -0.3 is 10.2 Å². The molecule has 0 aliphatic rings. The molecule has 0 heterocycles. The first kappa shape index (κ1) is 29.6. The van der Waals surface area contributed by atoms with Crippen molar-refractivity contribution in [1.82, 2.24) is 10.2 Å². The molecule has 0 saturated heterocycles. The van der Waals surface area contributed by atoms with E-state index >= 15 is 0 Å². The molecule has 0 spiro atoms. The number of rotatable bonds is 14. The van der Waals surface area contributed by atoms with E-state index in [0.717, 1.165) is 30.2 Å². The molecular formula is C27H38ClN3O4S. The van der Waals surface area contributed by atoms with Crippen molar-refractivity contribution >= 4 is 39.1 Å². The van der Waals surface area contributed by atoms with Gasteiger partial charge in [0.05, 0.1) is 11.9 Å². The summed E-state index contributed by atoms with van der Waals surface area (Å²) in [7, 11) is -3.55. The van der Waals surface area contributed by atoms with Crippen LogP contribution < -0.4 is 9.62 Å². The molecule has 1 unspecified atom stereocenters. The molecule has 0 aromatic heterocycles. The van der Waals surface area contributed by atoms with E-state index in [0.29, 0.717) is 36.6 Å². The van der Waals surface area contributed by atoms with Crippen LogP contribution in [-0.2, 0) is 26.2 Å². The van der Waals surface area contributed by atoms with Crippen molar-refractivity contribution in [3.8, 4) is 0 Å². The summed E-state index contributed by atoms with van der Waals surface area (Å²) in [5.41, 5.74) is 2.52. The van der Waals surface area contributed by atoms with E-state index in [9.17, 15) is 18.0 Å². The van der Waals surface area contributed by atoms with Crippen molar-refractivity contribution in [1.29, 1.82) is 0 Å². The molecule has 0 bridgehead atoms. The molecule has 0 saturated carbocycles. The number of nitrogens with zero attached hydrogens (tertiary/aromatic N) is 2. The van der Waals surface area contributed by atoms with Crippen molar-refractivity contribution in [3.05, 3.63) is 64.7 Å². The number of sulfonamides is 1. The Morgan fingerprint density at radius 1 is 1.06 bits per heavy atom. The summed E-state index contributed by atoms with van der Waals surface area (Å²) in [6.45, 7) is 6.97. The number of carbonyl (C=O) groups is 2. The number of anilines is 1. The van der Waals surface area contributed by atoms with Crippen LogP contribution in [0.2, 0.25) is 5.02 Å². The van der Waals surface area contributed by atoms with Gasteiger partial charge in [0.15, 0.2) is 0 Å². The second kappa shape index (κ2) is 14.2. The average molecular weight is 536 g/mol. The summed E-state index contributed by atoms with van der Waals surface area (Å²) in [6, 6.07) is 13.8. The molecule has 198 valence electrons. The first-order valence-electron chi connectivity index (χ1n) is 12.4. The predicted molar refractivity (Wildman–Crippen MR) is 147 cm³/mol. The zero-order valence-corrected chi connectivity index (χ0v) is 23.2. The number of halogens is 1. The highest BCUT2D eigenvalue weighted by Gasteiger charge is 2.28. The van der Waals surface area contributed by atoms with Gasteiger partial charge in [0.25, 0.3) is 0 Å². The molecule has 36 heavy (non-hydrogen) atoms. The fourth-order valence-corrected chi connectivity index (χ4v) is 5.14. The van der Waals surface area contributed by atoms with Gasteiger partial charge in [-0.05, 0) is 56.0 Å². The maximum atomic E-state index is 13.4. The third kappa shape index (κ3) is 9.13. The minimum absolute atomic E-state index is 0.115. The molecule has 2 amide bonds. The first-order chi connectivity index (χ1) is 17.1. The van der Waals surface area contributed by atoms with E-state index in [1.807, 2.05) is 38.1 Å². The Labute approximate surface area is 220 Å². The minimum atomic E-state index is -3.55. The van der Waals surface area contributed by atoms with Gasteiger partial charge in [-0.15, -0.1) is 0 Å². The van der Waals surface area contributed by atoms with Crippen molar-refractivity contribution < 1.29 is 18.0 Å². The SMILES string of the molecule is CCCCNC(=O)C(CC)N(Cc1cccc(C)c1)C(=O)CCCN(c1ccc(Cl)cc1)S(C)(=O)=O. The smallest absolute Gasteiger partial charge is 0.242 e. The summed E-state index contributed by atoms with van der Waals surface area (Å²) in [5, 5.41) is 3.47. The van der Waals surface area contributed by atoms with Crippen LogP contribution in [0.3, 0.4) is 0 Å². The Morgan fingerprint density at radius 3 is 2.33 bits per heavy atom. The van der Waals surface area contributed by atoms with Crippen molar-refractivity contribution in [2.24, 2.45) is 0 Å². The van der Waals surface area contributed by atoms with E-state index in [1.54, 1.807) is 29.2 Å². The van der Waals surface area contributed by atoms with Gasteiger partial charge in [0.1, 0.15) is 6.04 Å². The Bertz CT molecular complexity index is 1110. The summed E-state index contributed by atoms with van der Waals surface area (Å²) < 4.78 is 26.1. The monoisotopic (exact) mass is 535 g/mol. The molecule has 0 aliphatic carbocycles. The molecule has 9 heteroatoms. The molecule has 2 aromatic rings. The minimum Gasteiger partial charge on any atom is -0.354 e. The topological polar surface area (TPSA) is 86.8 Å². The Morgan fingerprint density at radius 2 is 1.75 bits per heavy atom. The lowest BCUT2D eigenvalue weighted by Crippen LogP contribution is -2.49. The summed E-state index contributed by atoms with van der Waals surface area (Å²) in [6.07, 6.45) is 3.89. The second-order valence-corrected chi connectivity index (χ2v) is 11.3. The van der Waals surface area contributed by atoms with Crippen LogP contribution in [0.4, 0.5) is 5.69 Å². The van der Waals surface area contributed by atoms with E-state index in [4.69, 9.17) is 11.6 Å². The maximum absolute atomic E-state index is 13.4. The van der Waals surface area contributed by atoms with Gasteiger partial charge in [-0.25, -0.2) is 8.42 Å². The van der Waals surface area contributed by atoms with Crippen molar-refractivity contribution in [2.45, 2.75) is 65.5 Å². The third-order valence-electron chi connectivity index (χ3n) is 5.92. The predicted octanol–water partition coefficient (Wildman–Crippen LogP) is 4.92. The zero-order valence-electron chi connectivity index (χ0n) is 21.7. The molecule has 0 radical (unpaired) electrons. The van der Waals surface area contributed by atoms with Crippen LogP contribution in [0.25, 0.3) is 0 Å². The van der Waals surface area contributed by atoms with Gasteiger partial charge >= 0.3 is 0 Å². The Hall–Kier alpha value is -2.58. The number of unbranched alkanes of at least 4 members (excludes halogenated alkanes) is 1. The highest BCUT2D eigenvalue weighted by atomic mass is 35.5. The number of carbonyl (C=O) groups excluding carboxylic acids is 2. The van der Waals surface area contributed by atoms with Crippen LogP contribution in [0.1, 0.15) is 57.1 Å². The van der Waals surface area contributed by atoms with E-state index < -0.39 is 16.1 Å². The van der Waals surface area contributed by atoms with Gasteiger partial charge in [-0.1, -0.05) is 61.7 Å². The molecule has 1 atom stereocenters. The molecule has 2 rings (SSSR count). The highest BCUT2D eigenvalue weighted by molar-refractivity contribution is 7.92. The van der Waals surface area contributed by atoms with Crippen LogP contribution in [0.15, 0.2) is 48.5 Å².